The first-order valence-corrected chi connectivity index (χ1v) is 7.66. The third-order valence-electron chi connectivity index (χ3n) is 3.54. The highest BCUT2D eigenvalue weighted by Crippen LogP contribution is 2.32. The number of alkyl halides is 3. The number of hydrogen-bond donors (Lipinski definition) is 1. The van der Waals surface area contributed by atoms with Gasteiger partial charge in [-0.3, -0.25) is 4.79 Å². The molecular weight excluding hydrogens is 376 g/mol. The maximum Gasteiger partial charge on any atom is 0.433 e. The van der Waals surface area contributed by atoms with E-state index in [1.165, 1.54) is 19.1 Å². The number of amides is 1. The molecule has 5 nitrogen and oxygen atoms in total. The average Bonchev–Trinajstić information content (AvgIpc) is 2.86. The number of hydrogen-bond acceptors (Lipinski definition) is 3. The molecule has 0 radical (unpaired) electrons. The van der Waals surface area contributed by atoms with Crippen molar-refractivity contribution in [2.45, 2.75) is 20.0 Å². The third-order valence-corrected chi connectivity index (χ3v) is 3.88. The molecule has 0 aliphatic rings. The van der Waals surface area contributed by atoms with Gasteiger partial charge < -0.3 is 5.32 Å². The number of aryl methyl sites for hydroxylation is 2. The molecule has 1 aromatic carbocycles. The van der Waals surface area contributed by atoms with E-state index in [1.807, 2.05) is 0 Å². The Bertz CT molecular complexity index is 1030. The zero-order valence-corrected chi connectivity index (χ0v) is 14.2. The van der Waals surface area contributed by atoms with Crippen molar-refractivity contribution in [3.63, 3.8) is 0 Å². The maximum absolute atomic E-state index is 13.8. The van der Waals surface area contributed by atoms with Gasteiger partial charge in [-0.25, -0.2) is 13.9 Å². The summed E-state index contributed by atoms with van der Waals surface area (Å²) in [6.45, 7) is 3.05. The van der Waals surface area contributed by atoms with Crippen LogP contribution in [0.15, 0.2) is 24.3 Å². The summed E-state index contributed by atoms with van der Waals surface area (Å²) in [5, 5.41) is 5.54. The van der Waals surface area contributed by atoms with Crippen LogP contribution in [0.4, 0.5) is 23.2 Å². The van der Waals surface area contributed by atoms with Crippen LogP contribution in [0.5, 0.6) is 0 Å². The zero-order valence-electron chi connectivity index (χ0n) is 13.4. The number of fused-ring (bicyclic) bond motifs is 1. The van der Waals surface area contributed by atoms with Crippen molar-refractivity contribution in [2.24, 2.45) is 0 Å². The molecule has 3 aromatic rings. The highest BCUT2D eigenvalue weighted by Gasteiger charge is 2.36. The summed E-state index contributed by atoms with van der Waals surface area (Å²) in [4.78, 5) is 16.3. The van der Waals surface area contributed by atoms with E-state index in [4.69, 9.17) is 11.6 Å². The lowest BCUT2D eigenvalue weighted by Gasteiger charge is -2.09. The molecule has 0 saturated carbocycles. The Balaban J connectivity index is 2.09. The molecule has 0 bridgehead atoms. The van der Waals surface area contributed by atoms with Crippen LogP contribution in [0.25, 0.3) is 5.65 Å². The van der Waals surface area contributed by atoms with Gasteiger partial charge in [-0.15, -0.1) is 0 Å². The number of aromatic nitrogens is 3. The molecule has 1 amide bonds. The molecule has 136 valence electrons. The molecule has 0 fully saturated rings. The summed E-state index contributed by atoms with van der Waals surface area (Å²) < 4.78 is 53.9. The smallest absolute Gasteiger partial charge is 0.318 e. The Morgan fingerprint density at radius 1 is 1.23 bits per heavy atom. The largest absolute Gasteiger partial charge is 0.433 e. The molecule has 1 N–H and O–H groups in total. The summed E-state index contributed by atoms with van der Waals surface area (Å²) in [5.41, 5.74) is -1.32. The Hall–Kier alpha value is -2.68. The van der Waals surface area contributed by atoms with Crippen LogP contribution in [0.3, 0.4) is 0 Å². The lowest BCUT2D eigenvalue weighted by Crippen LogP contribution is -2.16. The number of anilines is 1. The van der Waals surface area contributed by atoms with Gasteiger partial charge >= 0.3 is 6.18 Å². The number of benzene rings is 1. The van der Waals surface area contributed by atoms with Gasteiger partial charge in [-0.05, 0) is 37.6 Å². The summed E-state index contributed by atoms with van der Waals surface area (Å²) in [6, 6.07) is 4.83. The van der Waals surface area contributed by atoms with Gasteiger partial charge in [0.2, 0.25) is 0 Å². The molecule has 2 aromatic heterocycles. The van der Waals surface area contributed by atoms with E-state index in [0.29, 0.717) is 10.1 Å². The van der Waals surface area contributed by atoms with Gasteiger partial charge in [0.15, 0.2) is 11.3 Å². The summed E-state index contributed by atoms with van der Waals surface area (Å²) >= 11 is 6.02. The molecule has 3 rings (SSSR count). The van der Waals surface area contributed by atoms with Crippen LogP contribution in [-0.2, 0) is 6.18 Å². The van der Waals surface area contributed by atoms with Crippen molar-refractivity contribution in [3.8, 4) is 0 Å². The number of carbonyl (C=O) groups is 1. The zero-order chi connectivity index (χ0) is 19.2. The van der Waals surface area contributed by atoms with Crippen molar-refractivity contribution in [3.05, 3.63) is 57.8 Å². The quantitative estimate of drug-likeness (QED) is 0.664. The fraction of sp³-hybridized carbons (Fsp3) is 0.188. The Morgan fingerprint density at radius 2 is 1.92 bits per heavy atom. The Labute approximate surface area is 149 Å². The predicted molar refractivity (Wildman–Crippen MR) is 86.8 cm³/mol. The number of rotatable bonds is 2. The van der Waals surface area contributed by atoms with E-state index in [2.05, 4.69) is 15.4 Å². The van der Waals surface area contributed by atoms with Gasteiger partial charge in [0.25, 0.3) is 5.91 Å². The molecule has 2 heterocycles. The first-order valence-electron chi connectivity index (χ1n) is 7.28. The number of nitrogens with zero attached hydrogens (tertiary/aromatic N) is 3. The third kappa shape index (κ3) is 3.22. The first-order chi connectivity index (χ1) is 12.1. The Kier molecular flexibility index (Phi) is 4.35. The minimum atomic E-state index is -4.72. The number of nitrogens with one attached hydrogen (secondary N) is 1. The van der Waals surface area contributed by atoms with Gasteiger partial charge in [-0.2, -0.15) is 18.3 Å². The minimum absolute atomic E-state index is 0.0586. The molecule has 0 aliphatic carbocycles. The van der Waals surface area contributed by atoms with Crippen LogP contribution in [0, 0.1) is 19.7 Å². The second-order valence-electron chi connectivity index (χ2n) is 5.62. The van der Waals surface area contributed by atoms with Crippen molar-refractivity contribution in [1.29, 1.82) is 0 Å². The SMILES string of the molecule is Cc1ccc(F)c(NC(=O)c2nn3c(C(F)(F)F)cc(C)nc3c2Cl)c1. The van der Waals surface area contributed by atoms with Crippen LogP contribution in [0.1, 0.15) is 27.4 Å². The van der Waals surface area contributed by atoms with Crippen LogP contribution < -0.4 is 5.32 Å². The highest BCUT2D eigenvalue weighted by atomic mass is 35.5. The standard InChI is InChI=1S/C16H11ClF4N4O/c1-7-3-4-9(18)10(5-7)23-15(26)13-12(17)14-22-8(2)6-11(16(19,20)21)25(14)24-13/h3-6H,1-2H3,(H,23,26). The van der Waals surface area contributed by atoms with Gasteiger partial charge in [0.1, 0.15) is 16.5 Å². The molecule has 0 spiro atoms. The summed E-state index contributed by atoms with van der Waals surface area (Å²) in [6.07, 6.45) is -4.72. The van der Waals surface area contributed by atoms with Gasteiger partial charge in [0.05, 0.1) is 5.69 Å². The van der Waals surface area contributed by atoms with E-state index in [0.717, 1.165) is 12.1 Å². The second-order valence-corrected chi connectivity index (χ2v) is 5.99. The lowest BCUT2D eigenvalue weighted by atomic mass is 10.2. The van der Waals surface area contributed by atoms with E-state index >= 15 is 0 Å². The number of halogens is 5. The van der Waals surface area contributed by atoms with E-state index < -0.39 is 29.3 Å². The van der Waals surface area contributed by atoms with E-state index in [1.54, 1.807) is 6.92 Å². The fourth-order valence-corrected chi connectivity index (χ4v) is 2.62. The topological polar surface area (TPSA) is 59.3 Å². The highest BCUT2D eigenvalue weighted by molar-refractivity contribution is 6.37. The molecule has 0 aliphatic heterocycles. The normalized spacial score (nSPS) is 11.8. The summed E-state index contributed by atoms with van der Waals surface area (Å²) in [7, 11) is 0. The molecule has 0 atom stereocenters. The second kappa shape index (κ2) is 6.24. The van der Waals surface area contributed by atoms with E-state index in [9.17, 15) is 22.4 Å². The van der Waals surface area contributed by atoms with Crippen molar-refractivity contribution >= 4 is 28.8 Å². The minimum Gasteiger partial charge on any atom is -0.318 e. The molecule has 0 unspecified atom stereocenters. The maximum atomic E-state index is 13.8. The van der Waals surface area contributed by atoms with Crippen molar-refractivity contribution in [2.75, 3.05) is 5.32 Å². The van der Waals surface area contributed by atoms with Gasteiger partial charge in [0, 0.05) is 5.69 Å². The first kappa shape index (κ1) is 18.1. The molecule has 0 saturated heterocycles. The molecular formula is C16H11ClF4N4O. The van der Waals surface area contributed by atoms with Crippen LogP contribution in [0.2, 0.25) is 5.02 Å². The van der Waals surface area contributed by atoms with Crippen molar-refractivity contribution in [1.82, 2.24) is 14.6 Å². The van der Waals surface area contributed by atoms with Crippen LogP contribution in [-0.4, -0.2) is 20.5 Å². The lowest BCUT2D eigenvalue weighted by molar-refractivity contribution is -0.142. The molecule has 26 heavy (non-hydrogen) atoms. The summed E-state index contributed by atoms with van der Waals surface area (Å²) in [5.74, 6) is -1.65. The van der Waals surface area contributed by atoms with Crippen molar-refractivity contribution < 1.29 is 22.4 Å². The van der Waals surface area contributed by atoms with Crippen LogP contribution >= 0.6 is 11.6 Å². The Morgan fingerprint density at radius 3 is 2.58 bits per heavy atom. The fourth-order valence-electron chi connectivity index (χ4n) is 2.38. The average molecular weight is 387 g/mol. The number of carbonyl (C=O) groups excluding carboxylic acids is 1. The van der Waals surface area contributed by atoms with Gasteiger partial charge in [-0.1, -0.05) is 17.7 Å². The van der Waals surface area contributed by atoms with E-state index in [-0.39, 0.29) is 22.1 Å². The molecule has 10 heteroatoms. The monoisotopic (exact) mass is 386 g/mol. The predicted octanol–water partition coefficient (Wildman–Crippen LogP) is 4.41.